The normalized spacial score (nSPS) is 9.70. The third-order valence-corrected chi connectivity index (χ3v) is 2.69. The van der Waals surface area contributed by atoms with Crippen molar-refractivity contribution in [3.05, 3.63) is 46.7 Å². The highest BCUT2D eigenvalue weighted by atomic mass is 35.5. The first-order chi connectivity index (χ1) is 9.70. The van der Waals surface area contributed by atoms with Gasteiger partial charge in [-0.15, -0.1) is 0 Å². The van der Waals surface area contributed by atoms with Crippen LogP contribution >= 0.6 is 11.6 Å². The number of amides is 1. The van der Waals surface area contributed by atoms with Crippen LogP contribution in [0.4, 0.5) is 5.69 Å². The molecule has 2 rings (SSSR count). The molecule has 6 heteroatoms. The summed E-state index contributed by atoms with van der Waals surface area (Å²) in [6.45, 7) is -0.00268. The Balaban J connectivity index is 2.24. The number of nitrogens with one attached hydrogen (secondary N) is 2. The number of aliphatic hydroxyl groups is 1. The zero-order chi connectivity index (χ0) is 14.4. The largest absolute Gasteiger partial charge is 0.395 e. The van der Waals surface area contributed by atoms with Crippen LogP contribution in [0.5, 0.6) is 0 Å². The molecule has 5 nitrogen and oxygen atoms in total. The fourth-order valence-corrected chi connectivity index (χ4v) is 1.68. The zero-order valence-corrected chi connectivity index (χ0v) is 11.2. The predicted octanol–water partition coefficient (Wildman–Crippen LogP) is 2.05. The maximum atomic E-state index is 12.0. The zero-order valence-electron chi connectivity index (χ0n) is 10.5. The van der Waals surface area contributed by atoms with E-state index in [1.54, 1.807) is 18.2 Å². The highest BCUT2D eigenvalue weighted by Gasteiger charge is 2.09. The second kappa shape index (κ2) is 6.75. The molecular formula is C14H12ClN3O2. The fraction of sp³-hybridized carbons (Fsp3) is 0.143. The molecule has 0 fully saturated rings. The Labute approximate surface area is 121 Å². The van der Waals surface area contributed by atoms with Crippen LogP contribution in [-0.2, 0) is 0 Å². The van der Waals surface area contributed by atoms with E-state index in [-0.39, 0.29) is 12.5 Å². The first-order valence-corrected chi connectivity index (χ1v) is 6.28. The Hall–Kier alpha value is -2.29. The number of hydrogen-bond acceptors (Lipinski definition) is 3. The van der Waals surface area contributed by atoms with Crippen LogP contribution in [0, 0.1) is 11.8 Å². The Morgan fingerprint density at radius 1 is 1.50 bits per heavy atom. The van der Waals surface area contributed by atoms with E-state index in [9.17, 15) is 4.79 Å². The van der Waals surface area contributed by atoms with Crippen LogP contribution in [0.2, 0.25) is 5.02 Å². The van der Waals surface area contributed by atoms with E-state index < -0.39 is 0 Å². The summed E-state index contributed by atoms with van der Waals surface area (Å²) in [5.74, 6) is 5.39. The van der Waals surface area contributed by atoms with Gasteiger partial charge in [-0.2, -0.15) is 5.10 Å². The fourth-order valence-electron chi connectivity index (χ4n) is 1.51. The van der Waals surface area contributed by atoms with Crippen molar-refractivity contribution in [3.63, 3.8) is 0 Å². The quantitative estimate of drug-likeness (QED) is 0.757. The van der Waals surface area contributed by atoms with Gasteiger partial charge in [0.2, 0.25) is 0 Å². The van der Waals surface area contributed by atoms with E-state index in [4.69, 9.17) is 16.7 Å². The van der Waals surface area contributed by atoms with Gasteiger partial charge >= 0.3 is 0 Å². The molecule has 1 heterocycles. The number of hydrogen-bond donors (Lipinski definition) is 3. The molecule has 0 unspecified atom stereocenters. The molecule has 2 aromatic rings. The SMILES string of the molecule is O=C(Nc1cc(Cl)ccc1C#CCCO)c1cn[nH]c1. The number of aromatic amines is 1. The van der Waals surface area contributed by atoms with Crippen LogP contribution in [0.15, 0.2) is 30.6 Å². The molecule has 0 aliphatic carbocycles. The van der Waals surface area contributed by atoms with Gasteiger partial charge in [-0.05, 0) is 18.2 Å². The Morgan fingerprint density at radius 3 is 3.05 bits per heavy atom. The number of aliphatic hydroxyl groups excluding tert-OH is 1. The predicted molar refractivity (Wildman–Crippen MR) is 76.6 cm³/mol. The molecule has 0 saturated heterocycles. The Bertz CT molecular complexity index is 657. The van der Waals surface area contributed by atoms with Crippen molar-refractivity contribution < 1.29 is 9.90 Å². The van der Waals surface area contributed by atoms with Crippen LogP contribution in [0.1, 0.15) is 22.3 Å². The van der Waals surface area contributed by atoms with Crippen LogP contribution < -0.4 is 5.32 Å². The summed E-state index contributed by atoms with van der Waals surface area (Å²) in [4.78, 5) is 12.0. The lowest BCUT2D eigenvalue weighted by Crippen LogP contribution is -2.12. The standard InChI is InChI=1S/C14H12ClN3O2/c15-12-5-4-10(3-1-2-6-19)13(7-12)18-14(20)11-8-16-17-9-11/h4-5,7-9,19H,2,6H2,(H,16,17)(H,18,20). The molecule has 0 bridgehead atoms. The molecule has 0 atom stereocenters. The summed E-state index contributed by atoms with van der Waals surface area (Å²) < 4.78 is 0. The highest BCUT2D eigenvalue weighted by Crippen LogP contribution is 2.21. The van der Waals surface area contributed by atoms with Crippen molar-refractivity contribution >= 4 is 23.2 Å². The van der Waals surface area contributed by atoms with E-state index >= 15 is 0 Å². The minimum Gasteiger partial charge on any atom is -0.395 e. The molecule has 0 radical (unpaired) electrons. The first kappa shape index (κ1) is 14.1. The minimum absolute atomic E-state index is 0.00268. The summed E-state index contributed by atoms with van der Waals surface area (Å²) in [5, 5.41) is 18.2. The number of H-pyrrole nitrogens is 1. The number of anilines is 1. The molecule has 1 aromatic heterocycles. The van der Waals surface area contributed by atoms with Crippen molar-refractivity contribution in [2.24, 2.45) is 0 Å². The molecule has 0 aliphatic rings. The third-order valence-electron chi connectivity index (χ3n) is 2.45. The van der Waals surface area contributed by atoms with Crippen molar-refractivity contribution in [2.45, 2.75) is 6.42 Å². The van der Waals surface area contributed by atoms with Gasteiger partial charge in [-0.3, -0.25) is 9.89 Å². The lowest BCUT2D eigenvalue weighted by atomic mass is 10.1. The molecule has 3 N–H and O–H groups in total. The number of halogens is 1. The average Bonchev–Trinajstić information content (AvgIpc) is 2.95. The van der Waals surface area contributed by atoms with Crippen LogP contribution in [0.25, 0.3) is 0 Å². The van der Waals surface area contributed by atoms with Crippen LogP contribution in [-0.4, -0.2) is 27.8 Å². The van der Waals surface area contributed by atoms with E-state index in [1.807, 2.05) is 0 Å². The lowest BCUT2D eigenvalue weighted by Gasteiger charge is -2.07. The lowest BCUT2D eigenvalue weighted by molar-refractivity contribution is 0.102. The van der Waals surface area contributed by atoms with Crippen molar-refractivity contribution in [1.82, 2.24) is 10.2 Å². The van der Waals surface area contributed by atoms with Gasteiger partial charge in [-0.25, -0.2) is 0 Å². The summed E-state index contributed by atoms with van der Waals surface area (Å²) in [6.07, 6.45) is 3.30. The van der Waals surface area contributed by atoms with E-state index in [0.29, 0.717) is 28.3 Å². The average molecular weight is 290 g/mol. The number of aromatic nitrogens is 2. The maximum absolute atomic E-state index is 12.0. The van der Waals surface area contributed by atoms with Gasteiger partial charge in [0, 0.05) is 23.2 Å². The third kappa shape index (κ3) is 3.60. The maximum Gasteiger partial charge on any atom is 0.258 e. The van der Waals surface area contributed by atoms with Gasteiger partial charge in [-0.1, -0.05) is 23.4 Å². The van der Waals surface area contributed by atoms with Crippen LogP contribution in [0.3, 0.4) is 0 Å². The Morgan fingerprint density at radius 2 is 2.35 bits per heavy atom. The topological polar surface area (TPSA) is 78.0 Å². The molecule has 0 aliphatic heterocycles. The van der Waals surface area contributed by atoms with E-state index in [1.165, 1.54) is 12.4 Å². The highest BCUT2D eigenvalue weighted by molar-refractivity contribution is 6.31. The van der Waals surface area contributed by atoms with Crippen molar-refractivity contribution in [3.8, 4) is 11.8 Å². The molecule has 1 amide bonds. The van der Waals surface area contributed by atoms with Gasteiger partial charge in [0.05, 0.1) is 24.1 Å². The second-order valence-electron chi connectivity index (χ2n) is 3.91. The smallest absolute Gasteiger partial charge is 0.258 e. The van der Waals surface area contributed by atoms with Gasteiger partial charge in [0.1, 0.15) is 0 Å². The minimum atomic E-state index is -0.300. The van der Waals surface area contributed by atoms with Crippen molar-refractivity contribution in [1.29, 1.82) is 0 Å². The number of rotatable bonds is 3. The molecule has 0 saturated carbocycles. The molecule has 1 aromatic carbocycles. The summed E-state index contributed by atoms with van der Waals surface area (Å²) in [6, 6.07) is 5.04. The number of carbonyl (C=O) groups excluding carboxylic acids is 1. The monoisotopic (exact) mass is 289 g/mol. The molecular weight excluding hydrogens is 278 g/mol. The van der Waals surface area contributed by atoms with E-state index in [2.05, 4.69) is 27.4 Å². The summed E-state index contributed by atoms with van der Waals surface area (Å²) >= 11 is 5.93. The first-order valence-electron chi connectivity index (χ1n) is 5.90. The van der Waals surface area contributed by atoms with Gasteiger partial charge in [0.25, 0.3) is 5.91 Å². The number of benzene rings is 1. The molecule has 0 spiro atoms. The van der Waals surface area contributed by atoms with Crippen molar-refractivity contribution in [2.75, 3.05) is 11.9 Å². The van der Waals surface area contributed by atoms with Gasteiger partial charge in [0.15, 0.2) is 0 Å². The molecule has 20 heavy (non-hydrogen) atoms. The summed E-state index contributed by atoms with van der Waals surface area (Å²) in [7, 11) is 0. The second-order valence-corrected chi connectivity index (χ2v) is 4.34. The van der Waals surface area contributed by atoms with E-state index in [0.717, 1.165) is 0 Å². The molecule has 102 valence electrons. The summed E-state index contributed by atoms with van der Waals surface area (Å²) in [5.41, 5.74) is 1.58. The van der Waals surface area contributed by atoms with Gasteiger partial charge < -0.3 is 10.4 Å². The Kier molecular flexibility index (Phi) is 4.77. The number of nitrogens with zero attached hydrogens (tertiary/aromatic N) is 1. The number of carbonyl (C=O) groups is 1.